The van der Waals surface area contributed by atoms with E-state index in [1.165, 1.54) is 12.1 Å². The molecule has 4 heteroatoms. The van der Waals surface area contributed by atoms with E-state index in [9.17, 15) is 13.2 Å². The lowest BCUT2D eigenvalue weighted by molar-refractivity contribution is -0.137. The van der Waals surface area contributed by atoms with Gasteiger partial charge in [-0.3, -0.25) is 0 Å². The van der Waals surface area contributed by atoms with E-state index in [2.05, 4.69) is 6.58 Å². The molecule has 0 aromatic heterocycles. The highest BCUT2D eigenvalue weighted by molar-refractivity contribution is 5.75. The maximum atomic E-state index is 12.8. The van der Waals surface area contributed by atoms with Crippen LogP contribution >= 0.6 is 0 Å². The van der Waals surface area contributed by atoms with Gasteiger partial charge in [-0.25, -0.2) is 0 Å². The first-order valence-electron chi connectivity index (χ1n) is 10.2. The minimum Gasteiger partial charge on any atom is -0.398 e. The summed E-state index contributed by atoms with van der Waals surface area (Å²) >= 11 is 0. The molecule has 0 radical (unpaired) electrons. The SMILES string of the molecule is C=C(Cc1ccccc1N)c1ccc(-c2cccc(-c3ccc(C(F)(F)F)cc3)c2)cc1. The number of hydrogen-bond acceptors (Lipinski definition) is 1. The summed E-state index contributed by atoms with van der Waals surface area (Å²) in [4.78, 5) is 0. The Bertz CT molecular complexity index is 1240. The zero-order chi connectivity index (χ0) is 22.7. The average Bonchev–Trinajstić information content (AvgIpc) is 2.80. The third-order valence-corrected chi connectivity index (χ3v) is 5.49. The molecule has 0 saturated heterocycles. The number of allylic oxidation sites excluding steroid dienone is 1. The van der Waals surface area contributed by atoms with Gasteiger partial charge in [0.1, 0.15) is 0 Å². The lowest BCUT2D eigenvalue weighted by Gasteiger charge is -2.11. The van der Waals surface area contributed by atoms with Crippen molar-refractivity contribution in [2.45, 2.75) is 12.6 Å². The fourth-order valence-electron chi connectivity index (χ4n) is 3.66. The molecule has 4 aromatic carbocycles. The summed E-state index contributed by atoms with van der Waals surface area (Å²) in [5.41, 5.74) is 12.8. The lowest BCUT2D eigenvalue weighted by atomic mass is 9.95. The average molecular weight is 429 g/mol. The van der Waals surface area contributed by atoms with Crippen molar-refractivity contribution >= 4 is 11.3 Å². The van der Waals surface area contributed by atoms with Crippen LogP contribution in [0.5, 0.6) is 0 Å². The van der Waals surface area contributed by atoms with Crippen molar-refractivity contribution in [1.29, 1.82) is 0 Å². The minimum atomic E-state index is -4.33. The zero-order valence-corrected chi connectivity index (χ0v) is 17.4. The van der Waals surface area contributed by atoms with E-state index in [0.717, 1.165) is 56.8 Å². The molecule has 0 heterocycles. The monoisotopic (exact) mass is 429 g/mol. The molecule has 0 atom stereocenters. The quantitative estimate of drug-likeness (QED) is 0.321. The van der Waals surface area contributed by atoms with Gasteiger partial charge >= 0.3 is 6.18 Å². The van der Waals surface area contributed by atoms with Crippen LogP contribution in [0.3, 0.4) is 0 Å². The molecule has 0 unspecified atom stereocenters. The van der Waals surface area contributed by atoms with Gasteiger partial charge < -0.3 is 5.73 Å². The maximum Gasteiger partial charge on any atom is 0.416 e. The molecule has 2 N–H and O–H groups in total. The Balaban J connectivity index is 1.53. The highest BCUT2D eigenvalue weighted by Gasteiger charge is 2.29. The minimum absolute atomic E-state index is 0.648. The van der Waals surface area contributed by atoms with Crippen molar-refractivity contribution in [2.24, 2.45) is 0 Å². The summed E-state index contributed by atoms with van der Waals surface area (Å²) in [6.45, 7) is 4.21. The van der Waals surface area contributed by atoms with Crippen LogP contribution in [0.4, 0.5) is 18.9 Å². The van der Waals surface area contributed by atoms with Crippen LogP contribution < -0.4 is 5.73 Å². The molecule has 4 rings (SSSR count). The summed E-state index contributed by atoms with van der Waals surface area (Å²) in [5, 5.41) is 0. The Morgan fingerprint density at radius 3 is 1.81 bits per heavy atom. The molecule has 0 aliphatic heterocycles. The largest absolute Gasteiger partial charge is 0.416 e. The molecule has 1 nitrogen and oxygen atoms in total. The molecule has 0 amide bonds. The lowest BCUT2D eigenvalue weighted by Crippen LogP contribution is -2.03. The smallest absolute Gasteiger partial charge is 0.398 e. The molecule has 4 aromatic rings. The van der Waals surface area contributed by atoms with Gasteiger partial charge in [0.2, 0.25) is 0 Å². The first kappa shape index (κ1) is 21.4. The van der Waals surface area contributed by atoms with E-state index in [4.69, 9.17) is 5.73 Å². The predicted molar refractivity (Wildman–Crippen MR) is 126 cm³/mol. The fraction of sp³-hybridized carbons (Fsp3) is 0.0714. The van der Waals surface area contributed by atoms with Gasteiger partial charge in [0, 0.05) is 5.69 Å². The number of hydrogen-bond donors (Lipinski definition) is 1. The van der Waals surface area contributed by atoms with Crippen LogP contribution in [-0.2, 0) is 12.6 Å². The molecule has 0 saturated carbocycles. The molecule has 32 heavy (non-hydrogen) atoms. The van der Waals surface area contributed by atoms with Gasteiger partial charge in [-0.1, -0.05) is 79.4 Å². The third kappa shape index (κ3) is 4.75. The Kier molecular flexibility index (Phi) is 5.87. The van der Waals surface area contributed by atoms with Gasteiger partial charge in [-0.05, 0) is 69.6 Å². The van der Waals surface area contributed by atoms with E-state index in [1.807, 2.05) is 72.8 Å². The second-order valence-electron chi connectivity index (χ2n) is 7.71. The number of alkyl halides is 3. The van der Waals surface area contributed by atoms with Gasteiger partial charge in [0.05, 0.1) is 5.56 Å². The summed E-state index contributed by atoms with van der Waals surface area (Å²) in [5.74, 6) is 0. The summed E-state index contributed by atoms with van der Waals surface area (Å²) in [6, 6.07) is 28.9. The molecule has 0 aliphatic rings. The van der Waals surface area contributed by atoms with E-state index < -0.39 is 11.7 Å². The van der Waals surface area contributed by atoms with Crippen molar-refractivity contribution in [3.63, 3.8) is 0 Å². The molecular weight excluding hydrogens is 407 g/mol. The van der Waals surface area contributed by atoms with Crippen LogP contribution in [-0.4, -0.2) is 0 Å². The van der Waals surface area contributed by atoms with Gasteiger partial charge in [-0.2, -0.15) is 13.2 Å². The Hall–Kier alpha value is -3.79. The van der Waals surface area contributed by atoms with Crippen LogP contribution in [0, 0.1) is 0 Å². The highest BCUT2D eigenvalue weighted by Crippen LogP contribution is 2.32. The molecule has 160 valence electrons. The van der Waals surface area contributed by atoms with Crippen LogP contribution in [0.25, 0.3) is 27.8 Å². The van der Waals surface area contributed by atoms with E-state index in [1.54, 1.807) is 0 Å². The Morgan fingerprint density at radius 1 is 0.688 bits per heavy atom. The standard InChI is InChI=1S/C28H22F3N/c1-19(17-25-5-2-3-8-27(25)32)20-9-11-21(12-10-20)23-6-4-7-24(18-23)22-13-15-26(16-14-22)28(29,30)31/h2-16,18H,1,17,32H2. The predicted octanol–water partition coefficient (Wildman–Crippen LogP) is 7.88. The normalized spacial score (nSPS) is 11.3. The van der Waals surface area contributed by atoms with Crippen molar-refractivity contribution in [3.8, 4) is 22.3 Å². The number of nitrogens with two attached hydrogens (primary N) is 1. The number of rotatable bonds is 5. The molecule has 0 aliphatic carbocycles. The molecular formula is C28H22F3N. The van der Waals surface area contributed by atoms with Crippen LogP contribution in [0.1, 0.15) is 16.7 Å². The number of halogens is 3. The Labute approximate surface area is 185 Å². The summed E-state index contributed by atoms with van der Waals surface area (Å²) < 4.78 is 38.5. The van der Waals surface area contributed by atoms with Crippen LogP contribution in [0.2, 0.25) is 0 Å². The van der Waals surface area contributed by atoms with Crippen molar-refractivity contribution < 1.29 is 13.2 Å². The van der Waals surface area contributed by atoms with Crippen LogP contribution in [0.15, 0.2) is 104 Å². The van der Waals surface area contributed by atoms with E-state index in [0.29, 0.717) is 6.42 Å². The second kappa shape index (κ2) is 8.75. The second-order valence-corrected chi connectivity index (χ2v) is 7.71. The molecule has 0 fully saturated rings. The zero-order valence-electron chi connectivity index (χ0n) is 17.4. The third-order valence-electron chi connectivity index (χ3n) is 5.49. The van der Waals surface area contributed by atoms with Crippen molar-refractivity contribution in [3.05, 3.63) is 120 Å². The maximum absolute atomic E-state index is 12.8. The first-order chi connectivity index (χ1) is 15.3. The highest BCUT2D eigenvalue weighted by atomic mass is 19.4. The van der Waals surface area contributed by atoms with E-state index in [-0.39, 0.29) is 0 Å². The summed E-state index contributed by atoms with van der Waals surface area (Å²) in [7, 11) is 0. The first-order valence-corrected chi connectivity index (χ1v) is 10.2. The van der Waals surface area contributed by atoms with E-state index >= 15 is 0 Å². The van der Waals surface area contributed by atoms with Gasteiger partial charge in [-0.15, -0.1) is 0 Å². The molecule has 0 bridgehead atoms. The number of para-hydroxylation sites is 1. The number of benzene rings is 4. The van der Waals surface area contributed by atoms with Crippen molar-refractivity contribution in [1.82, 2.24) is 0 Å². The molecule has 0 spiro atoms. The van der Waals surface area contributed by atoms with Gasteiger partial charge in [0.15, 0.2) is 0 Å². The van der Waals surface area contributed by atoms with Crippen molar-refractivity contribution in [2.75, 3.05) is 5.73 Å². The summed E-state index contributed by atoms with van der Waals surface area (Å²) in [6.07, 6.45) is -3.66. The fourth-order valence-corrected chi connectivity index (χ4v) is 3.66. The topological polar surface area (TPSA) is 26.0 Å². The number of anilines is 1. The Morgan fingerprint density at radius 2 is 1.25 bits per heavy atom. The number of nitrogen functional groups attached to an aromatic ring is 1. The van der Waals surface area contributed by atoms with Gasteiger partial charge in [0.25, 0.3) is 0 Å².